The van der Waals surface area contributed by atoms with Crippen LogP contribution in [0.3, 0.4) is 0 Å². The van der Waals surface area contributed by atoms with Crippen LogP contribution in [-0.4, -0.2) is 33.8 Å². The van der Waals surface area contributed by atoms with Crippen molar-refractivity contribution in [2.45, 2.75) is 19.9 Å². The molecule has 4 N–H and O–H groups in total. The molecule has 0 aromatic carbocycles. The largest absolute Gasteiger partial charge is 0.494 e. The smallest absolute Gasteiger partial charge is 0.251 e. The molecule has 0 radical (unpaired) electrons. The molecule has 1 rings (SSSR count). The maximum atomic E-state index is 11.7. The number of aromatic nitrogens is 1. The molecule has 17 heavy (non-hydrogen) atoms. The zero-order valence-corrected chi connectivity index (χ0v) is 9.73. The van der Waals surface area contributed by atoms with Crippen molar-refractivity contribution in [1.82, 2.24) is 10.3 Å². The number of nitrogens with one attached hydrogen (secondary N) is 2. The van der Waals surface area contributed by atoms with Gasteiger partial charge in [-0.05, 0) is 5.92 Å². The maximum absolute atomic E-state index is 11.7. The number of H-pyrrole nitrogens is 1. The monoisotopic (exact) mass is 240 g/mol. The first kappa shape index (κ1) is 13.2. The third-order valence-corrected chi connectivity index (χ3v) is 2.41. The van der Waals surface area contributed by atoms with E-state index in [2.05, 4.69) is 10.3 Å². The SMILES string of the molecule is CC(C)C(CO)NC(=O)c1cc(O)[nH]c(=O)c1. The van der Waals surface area contributed by atoms with E-state index in [4.69, 9.17) is 10.2 Å². The summed E-state index contributed by atoms with van der Waals surface area (Å²) in [5, 5.41) is 20.8. The maximum Gasteiger partial charge on any atom is 0.251 e. The van der Waals surface area contributed by atoms with Gasteiger partial charge in [-0.1, -0.05) is 13.8 Å². The molecule has 0 aliphatic rings. The third kappa shape index (κ3) is 3.60. The fraction of sp³-hybridized carbons (Fsp3) is 0.455. The van der Waals surface area contributed by atoms with E-state index in [0.717, 1.165) is 12.1 Å². The average Bonchev–Trinajstić information content (AvgIpc) is 2.23. The zero-order chi connectivity index (χ0) is 13.0. The van der Waals surface area contributed by atoms with Gasteiger partial charge in [-0.15, -0.1) is 0 Å². The summed E-state index contributed by atoms with van der Waals surface area (Å²) in [4.78, 5) is 24.9. The van der Waals surface area contributed by atoms with Gasteiger partial charge in [0.15, 0.2) is 5.88 Å². The number of aliphatic hydroxyl groups excluding tert-OH is 1. The number of pyridine rings is 1. The lowest BCUT2D eigenvalue weighted by Crippen LogP contribution is -2.41. The Hall–Kier alpha value is -1.82. The molecule has 1 heterocycles. The van der Waals surface area contributed by atoms with Gasteiger partial charge in [0.05, 0.1) is 18.2 Å². The van der Waals surface area contributed by atoms with E-state index in [1.54, 1.807) is 0 Å². The molecule has 0 fully saturated rings. The summed E-state index contributed by atoms with van der Waals surface area (Å²) >= 11 is 0. The quantitative estimate of drug-likeness (QED) is 0.586. The lowest BCUT2D eigenvalue weighted by molar-refractivity contribution is 0.0896. The summed E-state index contributed by atoms with van der Waals surface area (Å²) in [5.41, 5.74) is -0.495. The van der Waals surface area contributed by atoms with E-state index >= 15 is 0 Å². The standard InChI is InChI=1S/C11H16N2O4/c1-6(2)8(5-14)12-11(17)7-3-9(15)13-10(16)4-7/h3-4,6,8,14H,5H2,1-2H3,(H,12,17)(H2,13,15,16). The van der Waals surface area contributed by atoms with Gasteiger partial charge < -0.3 is 15.5 Å². The molecule has 0 aliphatic carbocycles. The second-order valence-corrected chi connectivity index (χ2v) is 4.13. The molecule has 1 unspecified atom stereocenters. The van der Waals surface area contributed by atoms with Crippen LogP contribution in [0.4, 0.5) is 0 Å². The number of hydrogen-bond acceptors (Lipinski definition) is 4. The van der Waals surface area contributed by atoms with Crippen LogP contribution in [0.5, 0.6) is 5.88 Å². The predicted octanol–water partition coefficient (Wildman–Crippen LogP) is -0.173. The summed E-state index contributed by atoms with van der Waals surface area (Å²) in [7, 11) is 0. The van der Waals surface area contributed by atoms with Crippen LogP contribution in [0, 0.1) is 5.92 Å². The topological polar surface area (TPSA) is 102 Å². The summed E-state index contributed by atoms with van der Waals surface area (Å²) in [6.07, 6.45) is 0. The first-order chi connectivity index (χ1) is 7.93. The number of aliphatic hydroxyl groups is 1. The fourth-order valence-electron chi connectivity index (χ4n) is 1.33. The Balaban J connectivity index is 2.86. The van der Waals surface area contributed by atoms with Crippen LogP contribution in [-0.2, 0) is 0 Å². The van der Waals surface area contributed by atoms with Crippen molar-refractivity contribution in [3.05, 3.63) is 28.0 Å². The molecule has 6 heteroatoms. The Bertz CT molecular complexity index is 453. The number of aromatic amines is 1. The van der Waals surface area contributed by atoms with E-state index in [0.29, 0.717) is 0 Å². The highest BCUT2D eigenvalue weighted by Gasteiger charge is 2.16. The summed E-state index contributed by atoms with van der Waals surface area (Å²) in [5.74, 6) is -0.800. The van der Waals surface area contributed by atoms with E-state index in [9.17, 15) is 9.59 Å². The average molecular weight is 240 g/mol. The van der Waals surface area contributed by atoms with Crippen molar-refractivity contribution in [3.8, 4) is 5.88 Å². The number of rotatable bonds is 4. The number of carbonyl (C=O) groups is 1. The molecule has 1 atom stereocenters. The Morgan fingerprint density at radius 2 is 2.12 bits per heavy atom. The molecule has 0 saturated heterocycles. The Labute approximate surface area is 98.3 Å². The van der Waals surface area contributed by atoms with Gasteiger partial charge in [-0.25, -0.2) is 0 Å². The minimum atomic E-state index is -0.555. The van der Waals surface area contributed by atoms with E-state index < -0.39 is 11.5 Å². The zero-order valence-electron chi connectivity index (χ0n) is 9.73. The van der Waals surface area contributed by atoms with Gasteiger partial charge in [0.25, 0.3) is 11.5 Å². The van der Waals surface area contributed by atoms with Crippen LogP contribution in [0.25, 0.3) is 0 Å². The summed E-state index contributed by atoms with van der Waals surface area (Å²) in [6, 6.07) is 1.86. The van der Waals surface area contributed by atoms with Crippen LogP contribution < -0.4 is 10.9 Å². The number of amides is 1. The van der Waals surface area contributed by atoms with Gasteiger partial charge in [0, 0.05) is 12.1 Å². The third-order valence-electron chi connectivity index (χ3n) is 2.41. The highest BCUT2D eigenvalue weighted by atomic mass is 16.3. The summed E-state index contributed by atoms with van der Waals surface area (Å²) < 4.78 is 0. The first-order valence-corrected chi connectivity index (χ1v) is 5.29. The second kappa shape index (κ2) is 5.49. The van der Waals surface area contributed by atoms with Gasteiger partial charge in [0.2, 0.25) is 0 Å². The molecular formula is C11H16N2O4. The molecule has 6 nitrogen and oxygen atoms in total. The first-order valence-electron chi connectivity index (χ1n) is 5.29. The van der Waals surface area contributed by atoms with Crippen molar-refractivity contribution in [2.24, 2.45) is 5.92 Å². The van der Waals surface area contributed by atoms with Crippen molar-refractivity contribution in [1.29, 1.82) is 0 Å². The lowest BCUT2D eigenvalue weighted by atomic mass is 10.1. The Kier molecular flexibility index (Phi) is 4.28. The van der Waals surface area contributed by atoms with Gasteiger partial charge in [-0.3, -0.25) is 14.6 Å². The predicted molar refractivity (Wildman–Crippen MR) is 61.9 cm³/mol. The van der Waals surface area contributed by atoms with E-state index in [1.807, 2.05) is 13.8 Å². The molecule has 0 spiro atoms. The Morgan fingerprint density at radius 1 is 1.47 bits per heavy atom. The molecule has 1 aromatic heterocycles. The van der Waals surface area contributed by atoms with Crippen LogP contribution in [0.15, 0.2) is 16.9 Å². The van der Waals surface area contributed by atoms with Gasteiger partial charge in [0.1, 0.15) is 0 Å². The van der Waals surface area contributed by atoms with Crippen molar-refractivity contribution < 1.29 is 15.0 Å². The van der Waals surface area contributed by atoms with E-state index in [-0.39, 0.29) is 30.0 Å². The lowest BCUT2D eigenvalue weighted by Gasteiger charge is -2.19. The molecule has 0 aliphatic heterocycles. The number of aromatic hydroxyl groups is 1. The van der Waals surface area contributed by atoms with Crippen molar-refractivity contribution in [2.75, 3.05) is 6.61 Å². The van der Waals surface area contributed by atoms with Crippen LogP contribution >= 0.6 is 0 Å². The molecule has 94 valence electrons. The minimum absolute atomic E-state index is 0.0605. The molecule has 1 amide bonds. The number of hydrogen-bond donors (Lipinski definition) is 4. The molecule has 0 bridgehead atoms. The molecule has 0 saturated carbocycles. The minimum Gasteiger partial charge on any atom is -0.494 e. The molecule has 1 aromatic rings. The van der Waals surface area contributed by atoms with Crippen molar-refractivity contribution >= 4 is 5.91 Å². The van der Waals surface area contributed by atoms with Crippen LogP contribution in [0.2, 0.25) is 0 Å². The Morgan fingerprint density at radius 3 is 2.59 bits per heavy atom. The second-order valence-electron chi connectivity index (χ2n) is 4.13. The van der Waals surface area contributed by atoms with Gasteiger partial charge >= 0.3 is 0 Å². The molecular weight excluding hydrogens is 224 g/mol. The van der Waals surface area contributed by atoms with E-state index in [1.165, 1.54) is 0 Å². The highest BCUT2D eigenvalue weighted by molar-refractivity contribution is 5.94. The summed E-state index contributed by atoms with van der Waals surface area (Å²) in [6.45, 7) is 3.53. The van der Waals surface area contributed by atoms with Crippen molar-refractivity contribution in [3.63, 3.8) is 0 Å². The normalized spacial score (nSPS) is 12.5. The van der Waals surface area contributed by atoms with Crippen LogP contribution in [0.1, 0.15) is 24.2 Å². The highest BCUT2D eigenvalue weighted by Crippen LogP contribution is 2.06. The fourth-order valence-corrected chi connectivity index (χ4v) is 1.33. The number of carbonyl (C=O) groups excluding carboxylic acids is 1. The van der Waals surface area contributed by atoms with Gasteiger partial charge in [-0.2, -0.15) is 0 Å².